The number of hydrogen-bond acceptors (Lipinski definition) is 0. The molecule has 4 heteroatoms. The summed E-state index contributed by atoms with van der Waals surface area (Å²) in [5, 5.41) is 2.64. The molecule has 7 rings (SSSR count). The van der Waals surface area contributed by atoms with Crippen LogP contribution >= 0.6 is 0 Å². The quantitative estimate of drug-likeness (QED) is 0.182. The molecule has 3 radical (unpaired) electrons. The number of rotatable bonds is 5. The Bertz CT molecular complexity index is 1740. The molecule has 5 aromatic carbocycles. The molecule has 1 unspecified atom stereocenters. The summed E-state index contributed by atoms with van der Waals surface area (Å²) >= 11 is 0. The summed E-state index contributed by atoms with van der Waals surface area (Å²) in [5.41, 5.74) is 15.5. The monoisotopic (exact) mass is 693 g/mol. The normalized spacial score (nSPS) is 13.7. The van der Waals surface area contributed by atoms with Crippen LogP contribution in [0, 0.1) is 13.0 Å². The third-order valence-corrected chi connectivity index (χ3v) is 8.48. The van der Waals surface area contributed by atoms with E-state index in [2.05, 4.69) is 130 Å². The predicted molar refractivity (Wildman–Crippen MR) is 174 cm³/mol. The first-order valence-electron chi connectivity index (χ1n) is 14.7. The van der Waals surface area contributed by atoms with Gasteiger partial charge in [0.1, 0.15) is 0 Å². The van der Waals surface area contributed by atoms with Crippen molar-refractivity contribution in [3.05, 3.63) is 136 Å². The van der Waals surface area contributed by atoms with E-state index in [4.69, 9.17) is 0 Å². The number of halogens is 2. The smallest absolute Gasteiger partial charge is 1.00 e. The van der Waals surface area contributed by atoms with Crippen LogP contribution in [0.2, 0.25) is 13.1 Å². The van der Waals surface area contributed by atoms with Gasteiger partial charge in [0.05, 0.1) is 0 Å². The molecule has 0 bridgehead atoms. The minimum atomic E-state index is 0. The minimum Gasteiger partial charge on any atom is -1.00 e. The molecule has 2 aliphatic rings. The average molecular weight is 696 g/mol. The van der Waals surface area contributed by atoms with Crippen LogP contribution in [0.15, 0.2) is 96.6 Å². The molecule has 1 atom stereocenters. The number of allylic oxidation sites excluding steroid dienone is 1. The fraction of sp³-hybridized carbons (Fsp3) is 0.231. The topological polar surface area (TPSA) is 0 Å². The van der Waals surface area contributed by atoms with E-state index in [-0.39, 0.29) is 56.9 Å². The van der Waals surface area contributed by atoms with Gasteiger partial charge in [-0.25, -0.2) is 0 Å². The third-order valence-electron chi connectivity index (χ3n) is 8.48. The van der Waals surface area contributed by atoms with Crippen molar-refractivity contribution in [3.63, 3.8) is 0 Å². The molecule has 0 saturated carbocycles. The van der Waals surface area contributed by atoms with E-state index < -0.39 is 0 Å². The zero-order valence-corrected chi connectivity index (χ0v) is 30.4. The number of benzene rings is 5. The molecule has 0 heterocycles. The molecule has 5 aromatic rings. The first-order chi connectivity index (χ1) is 19.7. The molecule has 0 amide bonds. The van der Waals surface area contributed by atoms with Crippen molar-refractivity contribution in [1.82, 2.24) is 0 Å². The summed E-state index contributed by atoms with van der Waals surface area (Å²) < 4.78 is 0. The molecule has 215 valence electrons. The maximum atomic E-state index is 3.75. The van der Waals surface area contributed by atoms with Crippen LogP contribution in [0.4, 0.5) is 0 Å². The van der Waals surface area contributed by atoms with E-state index in [0.29, 0.717) is 0 Å². The molecule has 0 aliphatic heterocycles. The van der Waals surface area contributed by atoms with Crippen LogP contribution in [0.5, 0.6) is 0 Å². The van der Waals surface area contributed by atoms with E-state index in [0.717, 1.165) is 22.4 Å². The molecular weight excluding hydrogens is 659 g/mol. The molecule has 0 aromatic heterocycles. The van der Waals surface area contributed by atoms with Crippen LogP contribution in [-0.4, -0.2) is 9.52 Å². The average Bonchev–Trinajstić information content (AvgIpc) is 3.55. The van der Waals surface area contributed by atoms with Crippen LogP contribution in [0.1, 0.15) is 65.5 Å². The van der Waals surface area contributed by atoms with Gasteiger partial charge >= 0.3 is 26.2 Å². The summed E-state index contributed by atoms with van der Waals surface area (Å²) in [4.78, 5) is 0. The van der Waals surface area contributed by atoms with Crippen molar-refractivity contribution in [2.24, 2.45) is 0 Å². The standard InChI is InChI=1S/C37H31.C2H6Si.2ClH.Zr/c1-3-4-11-27-23-35-31(36-24(2)20-21-25-12-5-8-15-29(25)36)17-10-19-33(35)37(27)32-18-9-16-30-28-14-7-6-13-26(28)22-34(30)32;1-3-2;;;/h5-10,12-17,19-21,23,37H,3-4,11,22H2,1-2H3;1-2H3;2*1H;/q-1;;;;+3/p-2. The zero-order chi connectivity index (χ0) is 27.6. The second kappa shape index (κ2) is 15.7. The number of unbranched alkanes of at least 4 members (excludes halogenated alkanes) is 1. The van der Waals surface area contributed by atoms with Crippen molar-refractivity contribution >= 4 is 26.4 Å². The van der Waals surface area contributed by atoms with Crippen molar-refractivity contribution in [2.75, 3.05) is 0 Å². The van der Waals surface area contributed by atoms with Gasteiger partial charge in [-0.2, -0.15) is 18.2 Å². The van der Waals surface area contributed by atoms with E-state index in [9.17, 15) is 0 Å². The van der Waals surface area contributed by atoms with Crippen molar-refractivity contribution < 1.29 is 51.0 Å². The third kappa shape index (κ3) is 6.60. The van der Waals surface area contributed by atoms with E-state index in [1.165, 1.54) is 79.2 Å². The van der Waals surface area contributed by atoms with Crippen molar-refractivity contribution in [3.8, 4) is 22.3 Å². The Balaban J connectivity index is 0.000000812. The maximum Gasteiger partial charge on any atom is 3.00 e. The van der Waals surface area contributed by atoms with Gasteiger partial charge in [-0.05, 0) is 75.9 Å². The van der Waals surface area contributed by atoms with E-state index >= 15 is 0 Å². The van der Waals surface area contributed by atoms with Gasteiger partial charge in [0, 0.05) is 15.4 Å². The largest absolute Gasteiger partial charge is 3.00 e. The molecule has 0 N–H and O–H groups in total. The summed E-state index contributed by atoms with van der Waals surface area (Å²) in [5.74, 6) is 0.279. The second-order valence-electron chi connectivity index (χ2n) is 11.2. The minimum absolute atomic E-state index is 0. The molecule has 0 nitrogen and oxygen atoms in total. The zero-order valence-electron chi connectivity index (χ0n) is 25.4. The van der Waals surface area contributed by atoms with E-state index in [1.54, 1.807) is 5.57 Å². The Labute approximate surface area is 292 Å². The van der Waals surface area contributed by atoms with Crippen LogP contribution in [0.25, 0.3) is 39.1 Å². The molecule has 43 heavy (non-hydrogen) atoms. The van der Waals surface area contributed by atoms with Gasteiger partial charge in [0.2, 0.25) is 0 Å². The molecule has 0 spiro atoms. The fourth-order valence-corrected chi connectivity index (χ4v) is 6.73. The van der Waals surface area contributed by atoms with Crippen LogP contribution < -0.4 is 24.8 Å². The first-order valence-corrected chi connectivity index (χ1v) is 16.7. The maximum absolute atomic E-state index is 3.75. The molecule has 2 aliphatic carbocycles. The summed E-state index contributed by atoms with van der Waals surface area (Å²) in [6.07, 6.45) is 7.09. The molecule has 0 saturated heterocycles. The Morgan fingerprint density at radius 3 is 2.33 bits per heavy atom. The van der Waals surface area contributed by atoms with E-state index in [1.807, 2.05) is 0 Å². The first kappa shape index (κ1) is 35.3. The Kier molecular flexibility index (Phi) is 12.9. The van der Waals surface area contributed by atoms with Gasteiger partial charge < -0.3 is 24.8 Å². The van der Waals surface area contributed by atoms with Crippen LogP contribution in [-0.2, 0) is 32.6 Å². The van der Waals surface area contributed by atoms with Crippen molar-refractivity contribution in [2.45, 2.75) is 58.5 Å². The number of fused-ring (bicyclic) bond motifs is 5. The van der Waals surface area contributed by atoms with Gasteiger partial charge in [-0.3, -0.25) is 0 Å². The Morgan fingerprint density at radius 2 is 1.53 bits per heavy atom. The van der Waals surface area contributed by atoms with Crippen molar-refractivity contribution in [1.29, 1.82) is 0 Å². The molecule has 0 fully saturated rings. The number of aryl methyl sites for hydroxylation is 1. The van der Waals surface area contributed by atoms with Gasteiger partial charge in [-0.1, -0.05) is 117 Å². The molecular formula is C39H37Cl2SiZr. The fourth-order valence-electron chi connectivity index (χ4n) is 6.73. The van der Waals surface area contributed by atoms with Gasteiger partial charge in [-0.15, -0.1) is 16.7 Å². The summed E-state index contributed by atoms with van der Waals surface area (Å²) in [7, 11) is 1.08. The predicted octanol–water partition coefficient (Wildman–Crippen LogP) is 4.70. The second-order valence-corrected chi connectivity index (χ2v) is 12.2. The SMILES string of the molecule is CCCCC1=Cc2c(-c3c(C)ccc4ccccc34)cccc2C1c1[c-]ccc2c1Cc1ccccc1-2.C[Si]C.[Cl-].[Cl-].[Zr+3]. The summed E-state index contributed by atoms with van der Waals surface area (Å²) in [6.45, 7) is 8.86. The van der Waals surface area contributed by atoms with Gasteiger partial charge in [0.15, 0.2) is 0 Å². The van der Waals surface area contributed by atoms with Crippen LogP contribution in [0.3, 0.4) is 0 Å². The Hall–Kier alpha value is -2.22. The summed E-state index contributed by atoms with van der Waals surface area (Å²) in [6, 6.07) is 37.4. The van der Waals surface area contributed by atoms with Gasteiger partial charge in [0.25, 0.3) is 0 Å². The number of hydrogen-bond donors (Lipinski definition) is 0. The Morgan fingerprint density at radius 1 is 0.814 bits per heavy atom.